The summed E-state index contributed by atoms with van der Waals surface area (Å²) < 4.78 is 0. The van der Waals surface area contributed by atoms with Crippen LogP contribution in [0.1, 0.15) is 51.8 Å². The van der Waals surface area contributed by atoms with E-state index < -0.39 is 0 Å². The van der Waals surface area contributed by atoms with E-state index in [-0.39, 0.29) is 17.4 Å². The van der Waals surface area contributed by atoms with Crippen molar-refractivity contribution in [2.45, 2.75) is 46.0 Å². The van der Waals surface area contributed by atoms with E-state index in [1.54, 1.807) is 0 Å². The van der Waals surface area contributed by atoms with Gasteiger partial charge < -0.3 is 9.80 Å². The third kappa shape index (κ3) is 2.16. The summed E-state index contributed by atoms with van der Waals surface area (Å²) in [5, 5.41) is 14.3. The van der Waals surface area contributed by atoms with Gasteiger partial charge in [-0.2, -0.15) is 5.21 Å². The first-order valence-corrected chi connectivity index (χ1v) is 8.68. The fraction of sp³-hybridized carbons (Fsp3) is 0.875. The molecule has 1 aliphatic carbocycles. The molecule has 0 spiro atoms. The molecule has 2 aliphatic heterocycles. The number of nitrogens with one attached hydrogen (secondary N) is 1. The van der Waals surface area contributed by atoms with Crippen LogP contribution < -0.4 is 0 Å². The Bertz CT molecular complexity index is 600. The monoisotopic (exact) mass is 318 g/mol. The number of aromatic nitrogens is 4. The number of likely N-dealkylation sites (tertiary alicyclic amines) is 2. The molecule has 3 heterocycles. The number of nitrogens with zero attached hydrogens (tertiary/aromatic N) is 5. The van der Waals surface area contributed by atoms with Gasteiger partial charge in [0.2, 0.25) is 0 Å². The average Bonchev–Trinajstić information content (AvgIpc) is 3.19. The van der Waals surface area contributed by atoms with Gasteiger partial charge in [-0.25, -0.2) is 4.79 Å². The van der Waals surface area contributed by atoms with E-state index in [0.717, 1.165) is 31.9 Å². The molecular weight excluding hydrogens is 292 g/mol. The molecule has 2 saturated heterocycles. The van der Waals surface area contributed by atoms with Crippen LogP contribution in [-0.4, -0.2) is 62.6 Å². The quantitative estimate of drug-likeness (QED) is 0.857. The van der Waals surface area contributed by atoms with Gasteiger partial charge in [-0.05, 0) is 36.0 Å². The van der Waals surface area contributed by atoms with Crippen LogP contribution in [0.5, 0.6) is 0 Å². The van der Waals surface area contributed by atoms with Crippen molar-refractivity contribution in [1.29, 1.82) is 0 Å². The number of aromatic amines is 1. The lowest BCUT2D eigenvalue weighted by Gasteiger charge is -2.50. The maximum Gasteiger partial charge on any atom is 0.320 e. The van der Waals surface area contributed by atoms with E-state index in [1.807, 2.05) is 4.90 Å². The standard InChI is InChI=1S/C16H26N6O/c1-15(2)12-4-6-16(15,3)10-22(9-12)14(23)21-7-5-11(8-21)13-17-19-20-18-13/h11-12H,4-10H2,1-3H3,(H,17,18,19,20)/t11?,12-,16+/m1/s1. The summed E-state index contributed by atoms with van der Waals surface area (Å²) in [6.07, 6.45) is 3.41. The SMILES string of the molecule is CC1(C)[C@@H]2CC[C@@]1(C)CN(C(=O)N1CCC(c3nn[nH]n3)C1)C2. The molecule has 7 nitrogen and oxygen atoms in total. The van der Waals surface area contributed by atoms with Crippen LogP contribution in [0, 0.1) is 16.7 Å². The molecule has 0 radical (unpaired) electrons. The first kappa shape index (κ1) is 14.9. The van der Waals surface area contributed by atoms with Gasteiger partial charge in [0.05, 0.1) is 0 Å². The van der Waals surface area contributed by atoms with E-state index in [1.165, 1.54) is 12.8 Å². The van der Waals surface area contributed by atoms with Gasteiger partial charge in [-0.15, -0.1) is 10.2 Å². The molecule has 2 amide bonds. The van der Waals surface area contributed by atoms with Crippen molar-refractivity contribution in [2.24, 2.45) is 16.7 Å². The van der Waals surface area contributed by atoms with Crippen molar-refractivity contribution in [1.82, 2.24) is 30.4 Å². The lowest BCUT2D eigenvalue weighted by atomic mass is 9.63. The van der Waals surface area contributed by atoms with Crippen LogP contribution in [0.25, 0.3) is 0 Å². The predicted octanol–water partition coefficient (Wildman–Crippen LogP) is 1.87. The molecule has 1 N–H and O–H groups in total. The van der Waals surface area contributed by atoms with Gasteiger partial charge in [0.25, 0.3) is 0 Å². The number of urea groups is 1. The fourth-order valence-electron chi connectivity index (χ4n) is 4.86. The Morgan fingerprint density at radius 1 is 1.22 bits per heavy atom. The summed E-state index contributed by atoms with van der Waals surface area (Å²) in [4.78, 5) is 17.0. The number of fused-ring (bicyclic) bond motifs is 2. The number of piperidine rings is 1. The minimum Gasteiger partial charge on any atom is -0.324 e. The average molecular weight is 318 g/mol. The molecule has 1 unspecified atom stereocenters. The highest BCUT2D eigenvalue weighted by Gasteiger charge is 2.56. The second-order valence-electron chi connectivity index (χ2n) is 8.38. The fourth-order valence-corrected chi connectivity index (χ4v) is 4.86. The first-order valence-electron chi connectivity index (χ1n) is 8.68. The largest absolute Gasteiger partial charge is 0.324 e. The van der Waals surface area contributed by atoms with E-state index in [9.17, 15) is 4.79 Å². The van der Waals surface area contributed by atoms with Crippen molar-refractivity contribution in [2.75, 3.05) is 26.2 Å². The molecule has 0 aromatic carbocycles. The highest BCUT2D eigenvalue weighted by molar-refractivity contribution is 5.75. The zero-order valence-corrected chi connectivity index (χ0v) is 14.2. The molecule has 1 saturated carbocycles. The number of rotatable bonds is 1. The zero-order chi connectivity index (χ0) is 16.2. The van der Waals surface area contributed by atoms with E-state index in [2.05, 4.69) is 46.3 Å². The predicted molar refractivity (Wildman–Crippen MR) is 84.7 cm³/mol. The number of carbonyl (C=O) groups excluding carboxylic acids is 1. The third-order valence-electron chi connectivity index (χ3n) is 7.06. The zero-order valence-electron chi connectivity index (χ0n) is 14.2. The second kappa shape index (κ2) is 4.92. The number of amides is 2. The van der Waals surface area contributed by atoms with E-state index >= 15 is 0 Å². The molecule has 2 bridgehead atoms. The summed E-state index contributed by atoms with van der Waals surface area (Å²) in [6.45, 7) is 10.4. The van der Waals surface area contributed by atoms with Crippen LogP contribution in [-0.2, 0) is 0 Å². The molecule has 23 heavy (non-hydrogen) atoms. The Balaban J connectivity index is 1.45. The number of hydrogen-bond acceptors (Lipinski definition) is 4. The van der Waals surface area contributed by atoms with Gasteiger partial charge in [0.1, 0.15) is 0 Å². The Labute approximate surface area is 136 Å². The molecule has 126 valence electrons. The lowest BCUT2D eigenvalue weighted by Crippen LogP contribution is -2.56. The Kier molecular flexibility index (Phi) is 3.19. The van der Waals surface area contributed by atoms with Gasteiger partial charge in [-0.1, -0.05) is 26.0 Å². The number of tetrazole rings is 1. The molecule has 4 rings (SSSR count). The number of H-pyrrole nitrogens is 1. The van der Waals surface area contributed by atoms with Crippen LogP contribution in [0.4, 0.5) is 4.79 Å². The molecule has 1 aromatic rings. The lowest BCUT2D eigenvalue weighted by molar-refractivity contribution is -0.00577. The number of carbonyl (C=O) groups is 1. The Morgan fingerprint density at radius 3 is 2.74 bits per heavy atom. The van der Waals surface area contributed by atoms with Gasteiger partial charge >= 0.3 is 6.03 Å². The van der Waals surface area contributed by atoms with Gasteiger partial charge in [-0.3, -0.25) is 0 Å². The summed E-state index contributed by atoms with van der Waals surface area (Å²) in [7, 11) is 0. The van der Waals surface area contributed by atoms with Crippen LogP contribution in [0.3, 0.4) is 0 Å². The Hall–Kier alpha value is -1.66. The maximum absolute atomic E-state index is 13.0. The van der Waals surface area contributed by atoms with Crippen molar-refractivity contribution < 1.29 is 4.79 Å². The van der Waals surface area contributed by atoms with Crippen molar-refractivity contribution in [3.05, 3.63) is 5.82 Å². The van der Waals surface area contributed by atoms with Crippen molar-refractivity contribution >= 4 is 6.03 Å². The summed E-state index contributed by atoms with van der Waals surface area (Å²) in [6, 6.07) is 0.199. The molecular formula is C16H26N6O. The minimum atomic E-state index is 0.199. The maximum atomic E-state index is 13.0. The summed E-state index contributed by atoms with van der Waals surface area (Å²) in [5.41, 5.74) is 0.584. The molecule has 7 heteroatoms. The summed E-state index contributed by atoms with van der Waals surface area (Å²) in [5.74, 6) is 1.57. The van der Waals surface area contributed by atoms with Gasteiger partial charge in [0, 0.05) is 32.1 Å². The third-order valence-corrected chi connectivity index (χ3v) is 7.06. The van der Waals surface area contributed by atoms with Crippen LogP contribution in [0.2, 0.25) is 0 Å². The smallest absolute Gasteiger partial charge is 0.320 e. The van der Waals surface area contributed by atoms with Gasteiger partial charge in [0.15, 0.2) is 5.82 Å². The molecule has 3 atom stereocenters. The normalized spacial score (nSPS) is 35.8. The molecule has 3 fully saturated rings. The van der Waals surface area contributed by atoms with Crippen LogP contribution in [0.15, 0.2) is 0 Å². The highest BCUT2D eigenvalue weighted by Crippen LogP contribution is 2.59. The highest BCUT2D eigenvalue weighted by atomic mass is 16.2. The Morgan fingerprint density at radius 2 is 2.04 bits per heavy atom. The summed E-state index contributed by atoms with van der Waals surface area (Å²) >= 11 is 0. The minimum absolute atomic E-state index is 0.199. The molecule has 3 aliphatic rings. The van der Waals surface area contributed by atoms with E-state index in [0.29, 0.717) is 17.9 Å². The van der Waals surface area contributed by atoms with Crippen molar-refractivity contribution in [3.8, 4) is 0 Å². The van der Waals surface area contributed by atoms with Crippen molar-refractivity contribution in [3.63, 3.8) is 0 Å². The second-order valence-corrected chi connectivity index (χ2v) is 8.38. The van der Waals surface area contributed by atoms with E-state index in [4.69, 9.17) is 0 Å². The van der Waals surface area contributed by atoms with Crippen LogP contribution >= 0.6 is 0 Å². The number of hydrogen-bond donors (Lipinski definition) is 1. The molecule has 1 aromatic heterocycles. The first-order chi connectivity index (χ1) is 10.9. The topological polar surface area (TPSA) is 78.0 Å².